The second-order valence-corrected chi connectivity index (χ2v) is 9.08. The Bertz CT molecular complexity index is 883. The molecule has 2 saturated carbocycles. The molecule has 0 spiro atoms. The third-order valence-corrected chi connectivity index (χ3v) is 6.61. The fourth-order valence-corrected chi connectivity index (χ4v) is 4.97. The topological polar surface area (TPSA) is 97.4 Å². The lowest BCUT2D eigenvalue weighted by Gasteiger charge is -2.34. The standard InChI is InChI=1S/C21H25N3O4S/c25-17(24-20(27)22-14-8-9-14)13-28-19(26)21(10-4-1-5-11-21)12-18-23-15-6-2-3-7-16(15)29-18/h2-3,6-7,14H,1,4-5,8-13H2,(H2,22,24,25,27). The highest BCUT2D eigenvalue weighted by Crippen LogP contribution is 2.41. The minimum absolute atomic E-state index is 0.157. The predicted octanol–water partition coefficient (Wildman–Crippen LogP) is 3.32. The van der Waals surface area contributed by atoms with Crippen LogP contribution in [0.2, 0.25) is 0 Å². The fourth-order valence-electron chi connectivity index (χ4n) is 3.86. The molecule has 29 heavy (non-hydrogen) atoms. The van der Waals surface area contributed by atoms with Crippen molar-refractivity contribution in [3.05, 3.63) is 29.3 Å². The van der Waals surface area contributed by atoms with Crippen LogP contribution in [0.3, 0.4) is 0 Å². The molecule has 154 valence electrons. The van der Waals surface area contributed by atoms with E-state index < -0.39 is 24.0 Å². The first-order valence-corrected chi connectivity index (χ1v) is 11.0. The Morgan fingerprint density at radius 2 is 1.90 bits per heavy atom. The molecule has 7 nitrogen and oxygen atoms in total. The first kappa shape index (κ1) is 19.8. The van der Waals surface area contributed by atoms with Crippen LogP contribution in [-0.4, -0.2) is 35.5 Å². The van der Waals surface area contributed by atoms with Gasteiger partial charge in [-0.2, -0.15) is 0 Å². The highest BCUT2D eigenvalue weighted by atomic mass is 32.1. The van der Waals surface area contributed by atoms with Crippen LogP contribution >= 0.6 is 11.3 Å². The van der Waals surface area contributed by atoms with Gasteiger partial charge >= 0.3 is 12.0 Å². The largest absolute Gasteiger partial charge is 0.455 e. The van der Waals surface area contributed by atoms with Crippen molar-refractivity contribution in [2.45, 2.75) is 57.4 Å². The summed E-state index contributed by atoms with van der Waals surface area (Å²) in [5.41, 5.74) is 0.288. The van der Waals surface area contributed by atoms with Crippen LogP contribution in [0, 0.1) is 5.41 Å². The average molecular weight is 416 g/mol. The van der Waals surface area contributed by atoms with Crippen LogP contribution in [0.5, 0.6) is 0 Å². The molecule has 1 aromatic carbocycles. The van der Waals surface area contributed by atoms with Crippen LogP contribution in [0.15, 0.2) is 24.3 Å². The minimum atomic E-state index is -0.650. The monoisotopic (exact) mass is 415 g/mol. The van der Waals surface area contributed by atoms with Crippen molar-refractivity contribution < 1.29 is 19.1 Å². The number of benzene rings is 1. The Labute approximate surface area is 173 Å². The van der Waals surface area contributed by atoms with Crippen molar-refractivity contribution in [2.24, 2.45) is 5.41 Å². The predicted molar refractivity (Wildman–Crippen MR) is 109 cm³/mol. The number of nitrogens with one attached hydrogen (secondary N) is 2. The minimum Gasteiger partial charge on any atom is -0.455 e. The van der Waals surface area contributed by atoms with E-state index in [-0.39, 0.29) is 12.0 Å². The highest BCUT2D eigenvalue weighted by molar-refractivity contribution is 7.18. The van der Waals surface area contributed by atoms with Crippen LogP contribution in [0.25, 0.3) is 10.2 Å². The molecule has 0 unspecified atom stereocenters. The van der Waals surface area contributed by atoms with Crippen LogP contribution in [0.4, 0.5) is 4.79 Å². The molecule has 4 rings (SSSR count). The third kappa shape index (κ3) is 4.93. The number of ether oxygens (including phenoxy) is 1. The first-order chi connectivity index (χ1) is 14.0. The molecule has 0 bridgehead atoms. The second kappa shape index (κ2) is 8.49. The Kier molecular flexibility index (Phi) is 5.80. The lowest BCUT2D eigenvalue weighted by atomic mass is 9.72. The third-order valence-electron chi connectivity index (χ3n) is 5.57. The Balaban J connectivity index is 1.39. The summed E-state index contributed by atoms with van der Waals surface area (Å²) in [6.45, 7) is -0.446. The Morgan fingerprint density at radius 3 is 2.62 bits per heavy atom. The fraction of sp³-hybridized carbons (Fsp3) is 0.524. The number of fused-ring (bicyclic) bond motifs is 1. The summed E-state index contributed by atoms with van der Waals surface area (Å²) in [6.07, 6.45) is 6.85. The molecular formula is C21H25N3O4S. The van der Waals surface area contributed by atoms with Gasteiger partial charge in [0.1, 0.15) is 0 Å². The van der Waals surface area contributed by atoms with Crippen molar-refractivity contribution in [1.82, 2.24) is 15.6 Å². The van der Waals surface area contributed by atoms with E-state index in [2.05, 4.69) is 15.6 Å². The molecule has 8 heteroatoms. The number of para-hydroxylation sites is 1. The van der Waals surface area contributed by atoms with E-state index in [1.165, 1.54) is 0 Å². The van der Waals surface area contributed by atoms with E-state index in [0.717, 1.165) is 60.2 Å². The van der Waals surface area contributed by atoms with Gasteiger partial charge in [-0.1, -0.05) is 31.4 Å². The molecule has 3 amide bonds. The van der Waals surface area contributed by atoms with Crippen molar-refractivity contribution in [2.75, 3.05) is 6.61 Å². The van der Waals surface area contributed by atoms with E-state index in [4.69, 9.17) is 4.74 Å². The zero-order chi connectivity index (χ0) is 20.3. The number of hydrogen-bond donors (Lipinski definition) is 2. The van der Waals surface area contributed by atoms with Gasteiger partial charge in [-0.3, -0.25) is 14.9 Å². The number of carbonyl (C=O) groups is 3. The van der Waals surface area contributed by atoms with Gasteiger partial charge in [0.15, 0.2) is 6.61 Å². The number of imide groups is 1. The second-order valence-electron chi connectivity index (χ2n) is 7.97. The summed E-state index contributed by atoms with van der Waals surface area (Å²) in [5.74, 6) is -0.975. The number of amides is 3. The number of rotatable bonds is 6. The average Bonchev–Trinajstić information content (AvgIpc) is 3.42. The SMILES string of the molecule is O=C(COC(=O)C1(Cc2nc3ccccc3s2)CCCCC1)NC(=O)NC1CC1. The maximum absolute atomic E-state index is 13.0. The number of hydrogen-bond acceptors (Lipinski definition) is 6. The van der Waals surface area contributed by atoms with Gasteiger partial charge < -0.3 is 10.1 Å². The Hall–Kier alpha value is -2.48. The maximum atomic E-state index is 13.0. The first-order valence-electron chi connectivity index (χ1n) is 10.2. The number of nitrogens with zero attached hydrogens (tertiary/aromatic N) is 1. The smallest absolute Gasteiger partial charge is 0.321 e. The molecule has 2 aliphatic rings. The van der Waals surface area contributed by atoms with E-state index in [1.54, 1.807) is 11.3 Å². The molecule has 0 saturated heterocycles. The molecular weight excluding hydrogens is 390 g/mol. The zero-order valence-electron chi connectivity index (χ0n) is 16.2. The number of aromatic nitrogens is 1. The van der Waals surface area contributed by atoms with Gasteiger partial charge in [-0.15, -0.1) is 11.3 Å². The van der Waals surface area contributed by atoms with E-state index in [9.17, 15) is 14.4 Å². The summed E-state index contributed by atoms with van der Waals surface area (Å²) < 4.78 is 6.46. The number of esters is 1. The summed E-state index contributed by atoms with van der Waals surface area (Å²) in [7, 11) is 0. The number of urea groups is 1. The number of carbonyl (C=O) groups excluding carboxylic acids is 3. The van der Waals surface area contributed by atoms with E-state index >= 15 is 0 Å². The number of thiazole rings is 1. The Morgan fingerprint density at radius 1 is 1.14 bits per heavy atom. The molecule has 2 fully saturated rings. The molecule has 0 aliphatic heterocycles. The summed E-state index contributed by atoms with van der Waals surface area (Å²) >= 11 is 1.60. The molecule has 2 aromatic rings. The molecule has 0 radical (unpaired) electrons. The van der Waals surface area contributed by atoms with Gasteiger partial charge in [-0.25, -0.2) is 9.78 Å². The van der Waals surface area contributed by atoms with Gasteiger partial charge in [0, 0.05) is 12.5 Å². The zero-order valence-corrected chi connectivity index (χ0v) is 17.1. The van der Waals surface area contributed by atoms with Crippen molar-refractivity contribution >= 4 is 39.5 Å². The lowest BCUT2D eigenvalue weighted by molar-refractivity contribution is -0.161. The van der Waals surface area contributed by atoms with Crippen LogP contribution < -0.4 is 10.6 Å². The van der Waals surface area contributed by atoms with Gasteiger partial charge in [0.2, 0.25) is 0 Å². The van der Waals surface area contributed by atoms with E-state index in [1.807, 2.05) is 24.3 Å². The summed E-state index contributed by atoms with van der Waals surface area (Å²) in [6, 6.07) is 7.55. The van der Waals surface area contributed by atoms with Crippen molar-refractivity contribution in [1.29, 1.82) is 0 Å². The highest BCUT2D eigenvalue weighted by Gasteiger charge is 2.42. The molecule has 2 N–H and O–H groups in total. The van der Waals surface area contributed by atoms with Crippen LogP contribution in [-0.2, 0) is 20.7 Å². The van der Waals surface area contributed by atoms with Crippen LogP contribution in [0.1, 0.15) is 50.0 Å². The quantitative estimate of drug-likeness (QED) is 0.706. The normalized spacial score (nSPS) is 18.2. The van der Waals surface area contributed by atoms with E-state index in [0.29, 0.717) is 6.42 Å². The molecule has 1 aromatic heterocycles. The molecule has 2 aliphatic carbocycles. The molecule has 0 atom stereocenters. The molecule has 1 heterocycles. The van der Waals surface area contributed by atoms with Gasteiger partial charge in [0.05, 0.1) is 20.6 Å². The summed E-state index contributed by atoms with van der Waals surface area (Å²) in [4.78, 5) is 41.3. The van der Waals surface area contributed by atoms with Gasteiger partial charge in [0.25, 0.3) is 5.91 Å². The summed E-state index contributed by atoms with van der Waals surface area (Å²) in [5, 5.41) is 5.80. The van der Waals surface area contributed by atoms with Crippen molar-refractivity contribution in [3.8, 4) is 0 Å². The lowest BCUT2D eigenvalue weighted by Crippen LogP contribution is -2.44. The maximum Gasteiger partial charge on any atom is 0.321 e. The van der Waals surface area contributed by atoms with Gasteiger partial charge in [-0.05, 0) is 37.8 Å². The van der Waals surface area contributed by atoms with Crippen molar-refractivity contribution in [3.63, 3.8) is 0 Å².